The van der Waals surface area contributed by atoms with Crippen molar-refractivity contribution in [3.8, 4) is 0 Å². The first-order chi connectivity index (χ1) is 9.03. The van der Waals surface area contributed by atoms with E-state index in [0.717, 1.165) is 30.8 Å². The number of nitrogens with one attached hydrogen (secondary N) is 1. The van der Waals surface area contributed by atoms with Crippen molar-refractivity contribution < 1.29 is 0 Å². The summed E-state index contributed by atoms with van der Waals surface area (Å²) in [7, 11) is 0. The fraction of sp³-hybridized carbons (Fsp3) is 0.438. The van der Waals surface area contributed by atoms with E-state index in [1.807, 2.05) is 6.92 Å². The summed E-state index contributed by atoms with van der Waals surface area (Å²) in [4.78, 5) is 7.01. The van der Waals surface area contributed by atoms with Crippen molar-refractivity contribution in [3.63, 3.8) is 0 Å². The molecule has 3 rings (SSSR count). The molecule has 1 aliphatic heterocycles. The summed E-state index contributed by atoms with van der Waals surface area (Å²) in [5.74, 6) is 0. The summed E-state index contributed by atoms with van der Waals surface area (Å²) in [6.45, 7) is 9.69. The molecule has 1 aliphatic rings. The van der Waals surface area contributed by atoms with Gasteiger partial charge in [0.25, 0.3) is 0 Å². The minimum absolute atomic E-state index is 0.179. The fourth-order valence-corrected chi connectivity index (χ4v) is 2.77. The molecule has 0 atom stereocenters. The fourth-order valence-electron chi connectivity index (χ4n) is 2.77. The summed E-state index contributed by atoms with van der Waals surface area (Å²) in [6, 6.07) is 10.8. The van der Waals surface area contributed by atoms with Crippen LogP contribution in [0.25, 0.3) is 10.9 Å². The maximum absolute atomic E-state index is 4.56. The first-order valence-corrected chi connectivity index (χ1v) is 6.91. The molecule has 1 N–H and O–H groups in total. The van der Waals surface area contributed by atoms with E-state index in [4.69, 9.17) is 0 Å². The van der Waals surface area contributed by atoms with Crippen LogP contribution >= 0.6 is 0 Å². The van der Waals surface area contributed by atoms with Crippen LogP contribution in [0.4, 0.5) is 5.69 Å². The molecule has 0 radical (unpaired) electrons. The smallest absolute Gasteiger partial charge is 0.0706 e. The lowest BCUT2D eigenvalue weighted by Crippen LogP contribution is -2.57. The van der Waals surface area contributed by atoms with Crippen molar-refractivity contribution in [1.82, 2.24) is 10.3 Å². The number of hydrogen-bond donors (Lipinski definition) is 1. The lowest BCUT2D eigenvalue weighted by molar-refractivity contribution is 0.353. The first kappa shape index (κ1) is 12.4. The number of hydrogen-bond acceptors (Lipinski definition) is 3. The second-order valence-electron chi connectivity index (χ2n) is 6.06. The molecule has 1 aromatic heterocycles. The predicted molar refractivity (Wildman–Crippen MR) is 80.8 cm³/mol. The summed E-state index contributed by atoms with van der Waals surface area (Å²) in [6.07, 6.45) is 0. The molecule has 19 heavy (non-hydrogen) atoms. The monoisotopic (exact) mass is 255 g/mol. The summed E-state index contributed by atoms with van der Waals surface area (Å²) in [5, 5.41) is 4.77. The molecule has 1 saturated heterocycles. The number of nitrogens with zero attached hydrogens (tertiary/aromatic N) is 2. The van der Waals surface area contributed by atoms with Gasteiger partial charge in [0.2, 0.25) is 0 Å². The minimum atomic E-state index is 0.179. The number of anilines is 1. The SMILES string of the molecule is Cc1ccc2cc(N3CCNC(C)(C)C3)ccc2n1. The maximum Gasteiger partial charge on any atom is 0.0706 e. The lowest BCUT2D eigenvalue weighted by atomic mass is 10.0. The van der Waals surface area contributed by atoms with Gasteiger partial charge in [0, 0.05) is 41.9 Å². The van der Waals surface area contributed by atoms with Crippen LogP contribution in [0.5, 0.6) is 0 Å². The second-order valence-corrected chi connectivity index (χ2v) is 6.06. The second kappa shape index (κ2) is 4.49. The van der Waals surface area contributed by atoms with Crippen molar-refractivity contribution >= 4 is 16.6 Å². The van der Waals surface area contributed by atoms with Gasteiger partial charge in [-0.1, -0.05) is 6.07 Å². The third-order valence-corrected chi connectivity index (χ3v) is 3.75. The van der Waals surface area contributed by atoms with Crippen LogP contribution in [0.1, 0.15) is 19.5 Å². The number of fused-ring (bicyclic) bond motifs is 1. The Hall–Kier alpha value is -1.61. The minimum Gasteiger partial charge on any atom is -0.368 e. The van der Waals surface area contributed by atoms with Crippen LogP contribution in [-0.4, -0.2) is 30.2 Å². The van der Waals surface area contributed by atoms with E-state index >= 15 is 0 Å². The Morgan fingerprint density at radius 3 is 2.84 bits per heavy atom. The van der Waals surface area contributed by atoms with E-state index in [2.05, 4.69) is 59.4 Å². The van der Waals surface area contributed by atoms with E-state index in [1.165, 1.54) is 11.1 Å². The van der Waals surface area contributed by atoms with Crippen LogP contribution in [-0.2, 0) is 0 Å². The summed E-state index contributed by atoms with van der Waals surface area (Å²) < 4.78 is 0. The van der Waals surface area contributed by atoms with E-state index in [0.29, 0.717) is 0 Å². The average Bonchev–Trinajstić information content (AvgIpc) is 2.37. The van der Waals surface area contributed by atoms with Crippen molar-refractivity contribution in [3.05, 3.63) is 36.0 Å². The van der Waals surface area contributed by atoms with Gasteiger partial charge >= 0.3 is 0 Å². The highest BCUT2D eigenvalue weighted by Gasteiger charge is 2.25. The van der Waals surface area contributed by atoms with E-state index in [9.17, 15) is 0 Å². The largest absolute Gasteiger partial charge is 0.368 e. The van der Waals surface area contributed by atoms with Gasteiger partial charge in [0.05, 0.1) is 5.52 Å². The van der Waals surface area contributed by atoms with Gasteiger partial charge in [-0.3, -0.25) is 4.98 Å². The summed E-state index contributed by atoms with van der Waals surface area (Å²) in [5.41, 5.74) is 3.63. The third kappa shape index (κ3) is 2.56. The average molecular weight is 255 g/mol. The number of piperazine rings is 1. The Morgan fingerprint density at radius 2 is 2.05 bits per heavy atom. The normalized spacial score (nSPS) is 18.8. The third-order valence-electron chi connectivity index (χ3n) is 3.75. The zero-order valence-electron chi connectivity index (χ0n) is 11.9. The Balaban J connectivity index is 1.95. The van der Waals surface area contributed by atoms with E-state index in [1.54, 1.807) is 0 Å². The first-order valence-electron chi connectivity index (χ1n) is 6.91. The van der Waals surface area contributed by atoms with Gasteiger partial charge in [0.15, 0.2) is 0 Å². The number of pyridine rings is 1. The van der Waals surface area contributed by atoms with Crippen LogP contribution in [0.3, 0.4) is 0 Å². The Labute approximate surface area is 114 Å². The van der Waals surface area contributed by atoms with Gasteiger partial charge in [-0.25, -0.2) is 0 Å². The zero-order valence-corrected chi connectivity index (χ0v) is 11.9. The predicted octanol–water partition coefficient (Wildman–Crippen LogP) is 2.73. The van der Waals surface area contributed by atoms with Gasteiger partial charge in [-0.05, 0) is 45.0 Å². The number of benzene rings is 1. The highest BCUT2D eigenvalue weighted by atomic mass is 15.2. The van der Waals surface area contributed by atoms with Crippen LogP contribution < -0.4 is 10.2 Å². The van der Waals surface area contributed by atoms with Gasteiger partial charge in [-0.15, -0.1) is 0 Å². The Morgan fingerprint density at radius 1 is 1.21 bits per heavy atom. The van der Waals surface area contributed by atoms with Crippen LogP contribution in [0, 0.1) is 6.92 Å². The van der Waals surface area contributed by atoms with Gasteiger partial charge in [-0.2, -0.15) is 0 Å². The maximum atomic E-state index is 4.56. The van der Waals surface area contributed by atoms with Crippen molar-refractivity contribution in [2.75, 3.05) is 24.5 Å². The van der Waals surface area contributed by atoms with Gasteiger partial charge < -0.3 is 10.2 Å². The van der Waals surface area contributed by atoms with Gasteiger partial charge in [0.1, 0.15) is 0 Å². The zero-order chi connectivity index (χ0) is 13.5. The van der Waals surface area contributed by atoms with Crippen molar-refractivity contribution in [1.29, 1.82) is 0 Å². The van der Waals surface area contributed by atoms with E-state index in [-0.39, 0.29) is 5.54 Å². The molecule has 2 aromatic rings. The number of aromatic nitrogens is 1. The molecule has 0 aliphatic carbocycles. The van der Waals surface area contributed by atoms with Crippen LogP contribution in [0.15, 0.2) is 30.3 Å². The number of rotatable bonds is 1. The molecule has 100 valence electrons. The number of aryl methyl sites for hydroxylation is 1. The van der Waals surface area contributed by atoms with Crippen molar-refractivity contribution in [2.24, 2.45) is 0 Å². The molecule has 0 saturated carbocycles. The molecule has 1 aromatic carbocycles. The molecule has 0 bridgehead atoms. The Bertz CT molecular complexity index is 604. The summed E-state index contributed by atoms with van der Waals surface area (Å²) >= 11 is 0. The molecule has 1 fully saturated rings. The highest BCUT2D eigenvalue weighted by molar-refractivity contribution is 5.82. The molecule has 0 spiro atoms. The standard InChI is InChI=1S/C16H21N3/c1-12-4-5-13-10-14(6-7-15(13)18-12)19-9-8-17-16(2,3)11-19/h4-7,10,17H,8-9,11H2,1-3H3. The quantitative estimate of drug-likeness (QED) is 0.849. The lowest BCUT2D eigenvalue weighted by Gasteiger charge is -2.40. The molecule has 2 heterocycles. The highest BCUT2D eigenvalue weighted by Crippen LogP contribution is 2.24. The van der Waals surface area contributed by atoms with Crippen LogP contribution in [0.2, 0.25) is 0 Å². The molecular formula is C16H21N3. The molecule has 0 amide bonds. The Kier molecular flexibility index (Phi) is 2.94. The molecule has 3 heteroatoms. The van der Waals surface area contributed by atoms with E-state index < -0.39 is 0 Å². The molecular weight excluding hydrogens is 234 g/mol. The molecule has 3 nitrogen and oxygen atoms in total. The topological polar surface area (TPSA) is 28.2 Å². The van der Waals surface area contributed by atoms with Crippen molar-refractivity contribution in [2.45, 2.75) is 26.3 Å². The molecule has 0 unspecified atom stereocenters.